The highest BCUT2D eigenvalue weighted by Gasteiger charge is 2.09. The second-order valence-electron chi connectivity index (χ2n) is 2.66. The van der Waals surface area contributed by atoms with E-state index in [1.165, 1.54) is 6.92 Å². The zero-order chi connectivity index (χ0) is 10.6. The van der Waals surface area contributed by atoms with Crippen LogP contribution in [-0.4, -0.2) is 14.2 Å². The summed E-state index contributed by atoms with van der Waals surface area (Å²) in [5.41, 5.74) is 0.654. The first-order valence-corrected chi connectivity index (χ1v) is 5.74. The third-order valence-corrected chi connectivity index (χ3v) is 2.98. The Morgan fingerprint density at radius 1 is 1.43 bits per heavy atom. The van der Waals surface area contributed by atoms with E-state index >= 15 is 0 Å². The summed E-state index contributed by atoms with van der Waals surface area (Å²) in [5, 5.41) is 8.70. The molecule has 0 aliphatic rings. The smallest absolute Gasteiger partial charge is 0.232 e. The third-order valence-electron chi connectivity index (χ3n) is 1.69. The first kappa shape index (κ1) is 10.5. The SMILES string of the molecule is CCS(=O)(=O)Nc1ccccc1C#N. The number of nitrogens with zero attached hydrogens (tertiary/aromatic N) is 1. The van der Waals surface area contributed by atoms with E-state index in [4.69, 9.17) is 5.26 Å². The molecule has 0 radical (unpaired) electrons. The van der Waals surface area contributed by atoms with Crippen molar-refractivity contribution in [2.75, 3.05) is 10.5 Å². The number of benzene rings is 1. The number of hydrogen-bond donors (Lipinski definition) is 1. The fourth-order valence-electron chi connectivity index (χ4n) is 0.909. The molecule has 0 saturated carbocycles. The summed E-state index contributed by atoms with van der Waals surface area (Å²) >= 11 is 0. The zero-order valence-corrected chi connectivity index (χ0v) is 8.50. The van der Waals surface area contributed by atoms with Gasteiger partial charge in [-0.25, -0.2) is 8.42 Å². The Morgan fingerprint density at radius 2 is 2.07 bits per heavy atom. The van der Waals surface area contributed by atoms with Gasteiger partial charge in [-0.2, -0.15) is 5.26 Å². The van der Waals surface area contributed by atoms with E-state index in [0.29, 0.717) is 11.3 Å². The molecular formula is C9H10N2O2S. The summed E-state index contributed by atoms with van der Waals surface area (Å²) in [4.78, 5) is 0. The van der Waals surface area contributed by atoms with E-state index in [-0.39, 0.29) is 5.75 Å². The molecule has 0 spiro atoms. The van der Waals surface area contributed by atoms with Crippen molar-refractivity contribution >= 4 is 15.7 Å². The maximum absolute atomic E-state index is 11.2. The highest BCUT2D eigenvalue weighted by molar-refractivity contribution is 7.92. The van der Waals surface area contributed by atoms with Gasteiger partial charge in [0, 0.05) is 0 Å². The van der Waals surface area contributed by atoms with E-state index < -0.39 is 10.0 Å². The van der Waals surface area contributed by atoms with Crippen molar-refractivity contribution in [3.8, 4) is 6.07 Å². The van der Waals surface area contributed by atoms with Gasteiger partial charge in [0.2, 0.25) is 10.0 Å². The minimum Gasteiger partial charge on any atom is -0.282 e. The molecule has 0 bridgehead atoms. The molecular weight excluding hydrogens is 200 g/mol. The summed E-state index contributed by atoms with van der Waals surface area (Å²) in [6.07, 6.45) is 0. The number of sulfonamides is 1. The van der Waals surface area contributed by atoms with Gasteiger partial charge in [0.15, 0.2) is 0 Å². The lowest BCUT2D eigenvalue weighted by Gasteiger charge is -2.06. The lowest BCUT2D eigenvalue weighted by molar-refractivity contribution is 0.602. The number of nitrogens with one attached hydrogen (secondary N) is 1. The maximum Gasteiger partial charge on any atom is 0.232 e. The van der Waals surface area contributed by atoms with Crippen LogP contribution in [0.15, 0.2) is 24.3 Å². The molecule has 0 aliphatic carbocycles. The minimum atomic E-state index is -3.31. The predicted octanol–water partition coefficient (Wildman–Crippen LogP) is 1.32. The molecule has 0 aromatic heterocycles. The Morgan fingerprint density at radius 3 is 2.64 bits per heavy atom. The van der Waals surface area contributed by atoms with Crippen molar-refractivity contribution in [3.63, 3.8) is 0 Å². The fraction of sp³-hybridized carbons (Fsp3) is 0.222. The number of rotatable bonds is 3. The van der Waals surface area contributed by atoms with Crippen LogP contribution in [-0.2, 0) is 10.0 Å². The van der Waals surface area contributed by atoms with Gasteiger partial charge in [-0.05, 0) is 19.1 Å². The molecule has 1 aromatic rings. The van der Waals surface area contributed by atoms with Crippen molar-refractivity contribution in [2.45, 2.75) is 6.92 Å². The largest absolute Gasteiger partial charge is 0.282 e. The molecule has 0 aliphatic heterocycles. The van der Waals surface area contributed by atoms with Gasteiger partial charge in [0.05, 0.1) is 17.0 Å². The minimum absolute atomic E-state index is 0.00718. The highest BCUT2D eigenvalue weighted by atomic mass is 32.2. The summed E-state index contributed by atoms with van der Waals surface area (Å²) in [6.45, 7) is 1.54. The molecule has 0 atom stereocenters. The van der Waals surface area contributed by atoms with Crippen molar-refractivity contribution < 1.29 is 8.42 Å². The van der Waals surface area contributed by atoms with Gasteiger partial charge in [-0.15, -0.1) is 0 Å². The van der Waals surface area contributed by atoms with Gasteiger partial charge >= 0.3 is 0 Å². The normalized spacial score (nSPS) is 10.6. The number of hydrogen-bond acceptors (Lipinski definition) is 3. The van der Waals surface area contributed by atoms with Crippen LogP contribution < -0.4 is 4.72 Å². The van der Waals surface area contributed by atoms with Gasteiger partial charge in [-0.1, -0.05) is 12.1 Å². The van der Waals surface area contributed by atoms with E-state index in [1.807, 2.05) is 6.07 Å². The Kier molecular flexibility index (Phi) is 3.10. The standard InChI is InChI=1S/C9H10N2O2S/c1-2-14(12,13)11-9-6-4-3-5-8(9)7-10/h3-6,11H,2H2,1H3. The van der Waals surface area contributed by atoms with Crippen LogP contribution in [0.3, 0.4) is 0 Å². The van der Waals surface area contributed by atoms with Crippen LogP contribution >= 0.6 is 0 Å². The van der Waals surface area contributed by atoms with Crippen LogP contribution in [0.4, 0.5) is 5.69 Å². The lowest BCUT2D eigenvalue weighted by atomic mass is 10.2. The Balaban J connectivity index is 3.05. The van der Waals surface area contributed by atoms with Gasteiger partial charge in [-0.3, -0.25) is 4.72 Å². The highest BCUT2D eigenvalue weighted by Crippen LogP contribution is 2.14. The Hall–Kier alpha value is -1.54. The van der Waals surface area contributed by atoms with Crippen molar-refractivity contribution in [1.82, 2.24) is 0 Å². The molecule has 1 N–H and O–H groups in total. The molecule has 4 nitrogen and oxygen atoms in total. The Labute approximate surface area is 83.2 Å². The van der Waals surface area contributed by atoms with Crippen LogP contribution in [0.5, 0.6) is 0 Å². The molecule has 14 heavy (non-hydrogen) atoms. The van der Waals surface area contributed by atoms with Crippen LogP contribution in [0.2, 0.25) is 0 Å². The van der Waals surface area contributed by atoms with Gasteiger partial charge in [0.1, 0.15) is 6.07 Å². The van der Waals surface area contributed by atoms with Gasteiger partial charge in [0.25, 0.3) is 0 Å². The summed E-state index contributed by atoms with van der Waals surface area (Å²) in [5.74, 6) is -0.00718. The quantitative estimate of drug-likeness (QED) is 0.817. The average Bonchev–Trinajstić information content (AvgIpc) is 2.18. The first-order valence-electron chi connectivity index (χ1n) is 4.08. The molecule has 0 unspecified atom stereocenters. The van der Waals surface area contributed by atoms with Crippen LogP contribution in [0, 0.1) is 11.3 Å². The zero-order valence-electron chi connectivity index (χ0n) is 7.69. The first-order chi connectivity index (χ1) is 6.59. The average molecular weight is 210 g/mol. The Bertz CT molecular complexity index is 460. The van der Waals surface area contributed by atoms with E-state index in [2.05, 4.69) is 4.72 Å². The summed E-state index contributed by atoms with van der Waals surface area (Å²) in [6, 6.07) is 8.40. The van der Waals surface area contributed by atoms with E-state index in [1.54, 1.807) is 24.3 Å². The monoisotopic (exact) mass is 210 g/mol. The molecule has 0 saturated heterocycles. The summed E-state index contributed by atoms with van der Waals surface area (Å²) in [7, 11) is -3.31. The topological polar surface area (TPSA) is 70.0 Å². The molecule has 0 heterocycles. The van der Waals surface area contributed by atoms with Crippen LogP contribution in [0.25, 0.3) is 0 Å². The summed E-state index contributed by atoms with van der Waals surface area (Å²) < 4.78 is 24.8. The molecule has 0 fully saturated rings. The molecule has 74 valence electrons. The van der Waals surface area contributed by atoms with Crippen LogP contribution in [0.1, 0.15) is 12.5 Å². The maximum atomic E-state index is 11.2. The number of para-hydroxylation sites is 1. The van der Waals surface area contributed by atoms with E-state index in [9.17, 15) is 8.42 Å². The van der Waals surface area contributed by atoms with Crippen molar-refractivity contribution in [3.05, 3.63) is 29.8 Å². The molecule has 5 heteroatoms. The molecule has 0 amide bonds. The molecule has 1 rings (SSSR count). The second-order valence-corrected chi connectivity index (χ2v) is 4.67. The van der Waals surface area contributed by atoms with Gasteiger partial charge < -0.3 is 0 Å². The third kappa shape index (κ3) is 2.47. The number of anilines is 1. The molecule has 1 aromatic carbocycles. The predicted molar refractivity (Wildman–Crippen MR) is 54.2 cm³/mol. The number of nitriles is 1. The van der Waals surface area contributed by atoms with Crippen molar-refractivity contribution in [1.29, 1.82) is 5.26 Å². The fourth-order valence-corrected chi connectivity index (χ4v) is 1.57. The van der Waals surface area contributed by atoms with E-state index in [0.717, 1.165) is 0 Å². The second kappa shape index (κ2) is 4.11. The van der Waals surface area contributed by atoms with Crippen molar-refractivity contribution in [2.24, 2.45) is 0 Å². The lowest BCUT2D eigenvalue weighted by Crippen LogP contribution is -2.15.